The van der Waals surface area contributed by atoms with E-state index in [1.54, 1.807) is 43.5 Å². The molecule has 1 aliphatic heterocycles. The second-order valence-corrected chi connectivity index (χ2v) is 9.62. The normalized spacial score (nSPS) is 16.3. The first-order chi connectivity index (χ1) is 14.0. The summed E-state index contributed by atoms with van der Waals surface area (Å²) in [5, 5.41) is 0.303. The van der Waals surface area contributed by atoms with Crippen molar-refractivity contribution in [3.8, 4) is 5.75 Å². The molecule has 0 saturated carbocycles. The molecule has 0 amide bonds. The molecule has 1 atom stereocenters. The second-order valence-electron chi connectivity index (χ2n) is 6.46. The molecule has 1 aliphatic rings. The van der Waals surface area contributed by atoms with Gasteiger partial charge in [0.25, 0.3) is 0 Å². The summed E-state index contributed by atoms with van der Waals surface area (Å²) in [6.45, 7) is 3.41. The Morgan fingerprint density at radius 1 is 1.21 bits per heavy atom. The third-order valence-corrected chi connectivity index (χ3v) is 7.81. The fraction of sp³-hybridized carbons (Fsp3) is 0.400. The van der Waals surface area contributed by atoms with E-state index in [-0.39, 0.29) is 15.9 Å². The van der Waals surface area contributed by atoms with Gasteiger partial charge in [-0.2, -0.15) is 4.31 Å². The van der Waals surface area contributed by atoms with Gasteiger partial charge in [0.2, 0.25) is 10.0 Å². The summed E-state index contributed by atoms with van der Waals surface area (Å²) < 4.78 is 37.1. The minimum atomic E-state index is -3.58. The quantitative estimate of drug-likeness (QED) is 0.465. The van der Waals surface area contributed by atoms with Crippen molar-refractivity contribution in [1.82, 2.24) is 9.29 Å². The lowest BCUT2D eigenvalue weighted by molar-refractivity contribution is 0.0730. The Hall–Kier alpha value is -1.94. The molecule has 0 spiro atoms. The molecule has 0 bridgehead atoms. The van der Waals surface area contributed by atoms with Gasteiger partial charge in [-0.1, -0.05) is 18.7 Å². The number of Topliss-reactive ketones (excluding diaryl/α,β-unsaturated/α-hetero) is 1. The van der Waals surface area contributed by atoms with Crippen molar-refractivity contribution in [2.24, 2.45) is 0 Å². The van der Waals surface area contributed by atoms with E-state index in [1.165, 1.54) is 22.3 Å². The lowest BCUT2D eigenvalue weighted by Gasteiger charge is -2.25. The number of rotatable bonds is 8. The lowest BCUT2D eigenvalue weighted by Crippen LogP contribution is -2.40. The number of ketones is 1. The van der Waals surface area contributed by atoms with Gasteiger partial charge in [-0.05, 0) is 42.8 Å². The number of thioether (sulfide) groups is 1. The van der Waals surface area contributed by atoms with Gasteiger partial charge in [-0.3, -0.25) is 4.79 Å². The molecular weight excluding hydrogens is 412 g/mol. The van der Waals surface area contributed by atoms with Gasteiger partial charge in [0.1, 0.15) is 10.6 Å². The predicted octanol–water partition coefficient (Wildman–Crippen LogP) is 2.86. The number of carbonyl (C=O) groups is 1. The number of sulfonamides is 1. The average Bonchev–Trinajstić information content (AvgIpc) is 2.78. The fourth-order valence-corrected chi connectivity index (χ4v) is 5.25. The highest BCUT2D eigenvalue weighted by atomic mass is 32.2. The minimum absolute atomic E-state index is 0.00645. The summed E-state index contributed by atoms with van der Waals surface area (Å²) >= 11 is 1.34. The molecule has 0 N–H and O–H groups in total. The Kier molecular flexibility index (Phi) is 7.28. The maximum absolute atomic E-state index is 12.8. The largest absolute Gasteiger partial charge is 0.497 e. The van der Waals surface area contributed by atoms with E-state index in [2.05, 4.69) is 4.98 Å². The molecule has 0 aliphatic carbocycles. The molecular formula is C20H24N2O5S2. The number of ether oxygens (including phenoxy) is 2. The van der Waals surface area contributed by atoms with Crippen LogP contribution in [0.25, 0.3) is 0 Å². The summed E-state index contributed by atoms with van der Waals surface area (Å²) in [5.41, 5.74) is 0.608. The number of methoxy groups -OCH3 is 1. The van der Waals surface area contributed by atoms with Crippen LogP contribution >= 0.6 is 11.8 Å². The zero-order valence-corrected chi connectivity index (χ0v) is 18.0. The third-order valence-electron chi connectivity index (χ3n) is 4.62. The van der Waals surface area contributed by atoms with E-state index in [1.807, 2.05) is 6.92 Å². The Labute approximate surface area is 175 Å². The van der Waals surface area contributed by atoms with Crippen LogP contribution in [-0.4, -0.2) is 62.2 Å². The zero-order valence-electron chi connectivity index (χ0n) is 16.4. The Morgan fingerprint density at radius 2 is 1.90 bits per heavy atom. The van der Waals surface area contributed by atoms with Gasteiger partial charge in [0.15, 0.2) is 5.78 Å². The van der Waals surface area contributed by atoms with E-state index in [4.69, 9.17) is 9.47 Å². The molecule has 1 saturated heterocycles. The van der Waals surface area contributed by atoms with Gasteiger partial charge in [-0.15, -0.1) is 0 Å². The van der Waals surface area contributed by atoms with Crippen LogP contribution in [0.3, 0.4) is 0 Å². The molecule has 2 aromatic rings. The molecule has 156 valence electrons. The van der Waals surface area contributed by atoms with Crippen LogP contribution in [0.5, 0.6) is 5.75 Å². The average molecular weight is 437 g/mol. The Morgan fingerprint density at radius 3 is 2.45 bits per heavy atom. The lowest BCUT2D eigenvalue weighted by atomic mass is 10.1. The van der Waals surface area contributed by atoms with Crippen molar-refractivity contribution in [3.63, 3.8) is 0 Å². The number of aromatic nitrogens is 1. The molecule has 9 heteroatoms. The maximum Gasteiger partial charge on any atom is 0.244 e. The standard InChI is InChI=1S/C20H24N2O5S2/c1-3-18(20(23)15-4-6-16(26-2)7-5-15)28-19-9-8-17(14-21-19)29(24,25)22-10-12-27-13-11-22/h4-9,14,18H,3,10-13H2,1-2H3. The predicted molar refractivity (Wildman–Crippen MR) is 111 cm³/mol. The van der Waals surface area contributed by atoms with Crippen molar-refractivity contribution < 1.29 is 22.7 Å². The molecule has 1 unspecified atom stereocenters. The highest BCUT2D eigenvalue weighted by Gasteiger charge is 2.27. The van der Waals surface area contributed by atoms with Crippen molar-refractivity contribution in [2.45, 2.75) is 28.5 Å². The van der Waals surface area contributed by atoms with Crippen LogP contribution < -0.4 is 4.74 Å². The molecule has 1 aromatic heterocycles. The summed E-state index contributed by atoms with van der Waals surface area (Å²) in [7, 11) is -2.00. The number of nitrogens with zero attached hydrogens (tertiary/aromatic N) is 2. The van der Waals surface area contributed by atoms with Crippen LogP contribution in [0.15, 0.2) is 52.5 Å². The topological polar surface area (TPSA) is 85.8 Å². The van der Waals surface area contributed by atoms with Gasteiger partial charge < -0.3 is 9.47 Å². The number of pyridine rings is 1. The number of hydrogen-bond donors (Lipinski definition) is 0. The van der Waals surface area contributed by atoms with E-state index in [9.17, 15) is 13.2 Å². The zero-order chi connectivity index (χ0) is 20.9. The van der Waals surface area contributed by atoms with Crippen LogP contribution in [0.1, 0.15) is 23.7 Å². The maximum atomic E-state index is 12.8. The smallest absolute Gasteiger partial charge is 0.244 e. The molecule has 1 aromatic carbocycles. The molecule has 29 heavy (non-hydrogen) atoms. The highest BCUT2D eigenvalue weighted by molar-refractivity contribution is 8.00. The first-order valence-corrected chi connectivity index (χ1v) is 11.7. The van der Waals surface area contributed by atoms with Crippen molar-refractivity contribution >= 4 is 27.6 Å². The number of carbonyl (C=O) groups excluding carboxylic acids is 1. The first-order valence-electron chi connectivity index (χ1n) is 9.34. The highest BCUT2D eigenvalue weighted by Crippen LogP contribution is 2.28. The second kappa shape index (κ2) is 9.71. The molecule has 3 rings (SSSR count). The molecule has 1 fully saturated rings. The minimum Gasteiger partial charge on any atom is -0.497 e. The van der Waals surface area contributed by atoms with Crippen LogP contribution in [-0.2, 0) is 14.8 Å². The van der Waals surface area contributed by atoms with Gasteiger partial charge in [0.05, 0.1) is 30.6 Å². The van der Waals surface area contributed by atoms with Crippen LogP contribution in [0, 0.1) is 0 Å². The number of benzene rings is 1. The summed E-state index contributed by atoms with van der Waals surface area (Å²) in [5.74, 6) is 0.702. The van der Waals surface area contributed by atoms with Crippen molar-refractivity contribution in [2.75, 3.05) is 33.4 Å². The van der Waals surface area contributed by atoms with E-state index < -0.39 is 10.0 Å². The molecule has 2 heterocycles. The van der Waals surface area contributed by atoms with E-state index in [0.717, 1.165) is 0 Å². The number of morpholine rings is 1. The van der Waals surface area contributed by atoms with Gasteiger partial charge >= 0.3 is 0 Å². The Balaban J connectivity index is 1.70. The fourth-order valence-electron chi connectivity index (χ4n) is 2.93. The third kappa shape index (κ3) is 5.16. The van der Waals surface area contributed by atoms with Crippen LogP contribution in [0.2, 0.25) is 0 Å². The summed E-state index contributed by atoms with van der Waals surface area (Å²) in [6.07, 6.45) is 1.99. The number of hydrogen-bond acceptors (Lipinski definition) is 7. The van der Waals surface area contributed by atoms with Crippen LogP contribution in [0.4, 0.5) is 0 Å². The van der Waals surface area contributed by atoms with Crippen molar-refractivity contribution in [1.29, 1.82) is 0 Å². The summed E-state index contributed by atoms with van der Waals surface area (Å²) in [6, 6.07) is 10.2. The van der Waals surface area contributed by atoms with Crippen molar-refractivity contribution in [3.05, 3.63) is 48.2 Å². The van der Waals surface area contributed by atoms with Gasteiger partial charge in [0, 0.05) is 24.8 Å². The van der Waals surface area contributed by atoms with E-state index in [0.29, 0.717) is 49.1 Å². The van der Waals surface area contributed by atoms with E-state index >= 15 is 0 Å². The monoisotopic (exact) mass is 436 g/mol. The summed E-state index contributed by atoms with van der Waals surface area (Å²) in [4.78, 5) is 17.2. The SMILES string of the molecule is CCC(Sc1ccc(S(=O)(=O)N2CCOCC2)cn1)C(=O)c1ccc(OC)cc1. The molecule has 7 nitrogen and oxygen atoms in total. The Bertz CT molecular complexity index is 924. The first kappa shape index (κ1) is 21.8. The van der Waals surface area contributed by atoms with Gasteiger partial charge in [-0.25, -0.2) is 13.4 Å². The molecule has 0 radical (unpaired) electrons.